The summed E-state index contributed by atoms with van der Waals surface area (Å²) >= 11 is 7.60. The second-order valence-corrected chi connectivity index (χ2v) is 6.20. The third-order valence-electron chi connectivity index (χ3n) is 3.32. The zero-order chi connectivity index (χ0) is 13.7. The number of halogens is 2. The number of nitrogens with zero attached hydrogens (tertiary/aromatic N) is 1. The first-order chi connectivity index (χ1) is 9.20. The van der Waals surface area contributed by atoms with E-state index in [1.54, 1.807) is 0 Å². The van der Waals surface area contributed by atoms with Crippen LogP contribution in [0.5, 0.6) is 0 Å². The van der Waals surface area contributed by atoms with Crippen molar-refractivity contribution in [2.75, 3.05) is 32.4 Å². The maximum absolute atomic E-state index is 12.1. The molecule has 1 aromatic carbocycles. The Hall–Kier alpha value is -0.420. The number of amides is 1. The summed E-state index contributed by atoms with van der Waals surface area (Å²) in [4.78, 5) is 15.1. The molecule has 20 heavy (non-hydrogen) atoms. The van der Waals surface area contributed by atoms with Gasteiger partial charge in [0.15, 0.2) is 0 Å². The number of hydrogen-bond donors (Lipinski definition) is 1. The fraction of sp³-hybridized carbons (Fsp3) is 0.500. The normalized spacial score (nSPS) is 17.9. The molecule has 1 aliphatic heterocycles. The van der Waals surface area contributed by atoms with E-state index in [4.69, 9.17) is 11.6 Å². The van der Waals surface area contributed by atoms with Gasteiger partial charge in [-0.25, -0.2) is 0 Å². The van der Waals surface area contributed by atoms with Crippen LogP contribution in [-0.2, 0) is 4.79 Å². The van der Waals surface area contributed by atoms with Gasteiger partial charge in [0.05, 0.1) is 10.8 Å². The highest BCUT2D eigenvalue weighted by molar-refractivity contribution is 8.00. The maximum atomic E-state index is 12.1. The van der Waals surface area contributed by atoms with E-state index in [0.717, 1.165) is 36.0 Å². The van der Waals surface area contributed by atoms with Crippen LogP contribution in [0.15, 0.2) is 29.2 Å². The van der Waals surface area contributed by atoms with E-state index in [1.807, 2.05) is 36.2 Å². The molecule has 3 nitrogen and oxygen atoms in total. The lowest BCUT2D eigenvalue weighted by molar-refractivity contribution is -0.127. The van der Waals surface area contributed by atoms with Crippen molar-refractivity contribution in [2.45, 2.75) is 11.3 Å². The largest absolute Gasteiger partial charge is 0.342 e. The summed E-state index contributed by atoms with van der Waals surface area (Å²) in [5.41, 5.74) is 0. The molecule has 112 valence electrons. The van der Waals surface area contributed by atoms with Crippen LogP contribution in [0.1, 0.15) is 6.42 Å². The minimum atomic E-state index is 0. The molecule has 6 heteroatoms. The number of hydrogen-bond acceptors (Lipinski definition) is 3. The molecule has 2 rings (SSSR count). The predicted molar refractivity (Wildman–Crippen MR) is 88.0 cm³/mol. The molecule has 0 saturated carbocycles. The Bertz CT molecular complexity index is 445. The monoisotopic (exact) mass is 334 g/mol. The third kappa shape index (κ3) is 4.85. The Labute approximate surface area is 135 Å². The molecule has 1 heterocycles. The molecule has 1 unspecified atom stereocenters. The number of benzene rings is 1. The van der Waals surface area contributed by atoms with Crippen LogP contribution < -0.4 is 5.32 Å². The van der Waals surface area contributed by atoms with Gasteiger partial charge in [-0.3, -0.25) is 4.79 Å². The van der Waals surface area contributed by atoms with Crippen LogP contribution >= 0.6 is 35.8 Å². The molecule has 1 fully saturated rings. The van der Waals surface area contributed by atoms with Gasteiger partial charge in [-0.1, -0.05) is 23.7 Å². The lowest BCUT2D eigenvalue weighted by Crippen LogP contribution is -2.31. The quantitative estimate of drug-likeness (QED) is 0.840. The summed E-state index contributed by atoms with van der Waals surface area (Å²) in [5.74, 6) is 1.28. The van der Waals surface area contributed by atoms with Crippen molar-refractivity contribution in [1.29, 1.82) is 0 Å². The number of thioether (sulfide) groups is 1. The molecule has 1 N–H and O–H groups in total. The van der Waals surface area contributed by atoms with Crippen molar-refractivity contribution >= 4 is 41.7 Å². The zero-order valence-corrected chi connectivity index (χ0v) is 13.9. The molecule has 1 saturated heterocycles. The standard InChI is InChI=1S/C14H19ClN2OS.ClH/c1-16-8-11-6-7-17(9-11)14(18)10-19-13-5-3-2-4-12(13)15;/h2-5,11,16H,6-10H2,1H3;1H. The highest BCUT2D eigenvalue weighted by Crippen LogP contribution is 2.27. The number of carbonyl (C=O) groups is 1. The lowest BCUT2D eigenvalue weighted by atomic mass is 10.1. The molecule has 0 aliphatic carbocycles. The second kappa shape index (κ2) is 8.78. The van der Waals surface area contributed by atoms with Gasteiger partial charge in [-0.05, 0) is 38.1 Å². The van der Waals surface area contributed by atoms with Crippen molar-refractivity contribution in [2.24, 2.45) is 5.92 Å². The SMILES string of the molecule is CNCC1CCN(C(=O)CSc2ccccc2Cl)C1.Cl. The molecule has 0 aromatic heterocycles. The van der Waals surface area contributed by atoms with E-state index < -0.39 is 0 Å². The molecular weight excluding hydrogens is 315 g/mol. The highest BCUT2D eigenvalue weighted by Gasteiger charge is 2.25. The van der Waals surface area contributed by atoms with Gasteiger partial charge in [0, 0.05) is 18.0 Å². The molecule has 0 spiro atoms. The maximum Gasteiger partial charge on any atom is 0.232 e. The highest BCUT2D eigenvalue weighted by atomic mass is 35.5. The Morgan fingerprint density at radius 1 is 1.50 bits per heavy atom. The Morgan fingerprint density at radius 2 is 2.25 bits per heavy atom. The summed E-state index contributed by atoms with van der Waals surface area (Å²) < 4.78 is 0. The summed E-state index contributed by atoms with van der Waals surface area (Å²) in [6, 6.07) is 7.65. The van der Waals surface area contributed by atoms with E-state index in [9.17, 15) is 4.79 Å². The number of carbonyl (C=O) groups excluding carboxylic acids is 1. The second-order valence-electron chi connectivity index (χ2n) is 4.77. The van der Waals surface area contributed by atoms with Crippen molar-refractivity contribution < 1.29 is 4.79 Å². The molecule has 1 aromatic rings. The first-order valence-corrected chi connectivity index (χ1v) is 7.86. The molecule has 0 bridgehead atoms. The van der Waals surface area contributed by atoms with Crippen molar-refractivity contribution in [1.82, 2.24) is 10.2 Å². The van der Waals surface area contributed by atoms with E-state index in [2.05, 4.69) is 5.32 Å². The van der Waals surface area contributed by atoms with Crippen LogP contribution in [0.25, 0.3) is 0 Å². The molecule has 0 radical (unpaired) electrons. The lowest BCUT2D eigenvalue weighted by Gasteiger charge is -2.16. The Balaban J connectivity index is 0.00000200. The van der Waals surface area contributed by atoms with Crippen LogP contribution in [0, 0.1) is 5.92 Å². The zero-order valence-electron chi connectivity index (χ0n) is 11.5. The minimum absolute atomic E-state index is 0. The fourth-order valence-electron chi connectivity index (χ4n) is 2.31. The predicted octanol–water partition coefficient (Wildman–Crippen LogP) is 2.92. The third-order valence-corrected chi connectivity index (χ3v) is 4.82. The van der Waals surface area contributed by atoms with Gasteiger partial charge in [0.1, 0.15) is 0 Å². The van der Waals surface area contributed by atoms with Gasteiger partial charge in [0.25, 0.3) is 0 Å². The Kier molecular flexibility index (Phi) is 7.74. The molecule has 1 amide bonds. The van der Waals surface area contributed by atoms with Gasteiger partial charge in [-0.15, -0.1) is 24.2 Å². The van der Waals surface area contributed by atoms with Crippen LogP contribution in [0.3, 0.4) is 0 Å². The molecule has 1 aliphatic rings. The van der Waals surface area contributed by atoms with Crippen molar-refractivity contribution in [3.8, 4) is 0 Å². The minimum Gasteiger partial charge on any atom is -0.342 e. The summed E-state index contributed by atoms with van der Waals surface area (Å²) in [6.45, 7) is 2.75. The van der Waals surface area contributed by atoms with E-state index in [0.29, 0.717) is 11.7 Å². The first kappa shape index (κ1) is 17.6. The van der Waals surface area contributed by atoms with Crippen LogP contribution in [0.2, 0.25) is 5.02 Å². The molecular formula is C14H20Cl2N2OS. The van der Waals surface area contributed by atoms with Crippen molar-refractivity contribution in [3.63, 3.8) is 0 Å². The van der Waals surface area contributed by atoms with E-state index >= 15 is 0 Å². The van der Waals surface area contributed by atoms with Gasteiger partial charge >= 0.3 is 0 Å². The van der Waals surface area contributed by atoms with Gasteiger partial charge < -0.3 is 10.2 Å². The summed E-state index contributed by atoms with van der Waals surface area (Å²) in [5, 5.41) is 3.89. The smallest absolute Gasteiger partial charge is 0.232 e. The summed E-state index contributed by atoms with van der Waals surface area (Å²) in [6.07, 6.45) is 1.10. The number of rotatable bonds is 5. The van der Waals surface area contributed by atoms with Crippen molar-refractivity contribution in [3.05, 3.63) is 29.3 Å². The first-order valence-electron chi connectivity index (χ1n) is 6.50. The van der Waals surface area contributed by atoms with Crippen LogP contribution in [0.4, 0.5) is 0 Å². The average molecular weight is 335 g/mol. The average Bonchev–Trinajstić information content (AvgIpc) is 2.87. The van der Waals surface area contributed by atoms with E-state index in [1.165, 1.54) is 11.8 Å². The topological polar surface area (TPSA) is 32.3 Å². The van der Waals surface area contributed by atoms with Gasteiger partial charge in [0.2, 0.25) is 5.91 Å². The summed E-state index contributed by atoms with van der Waals surface area (Å²) in [7, 11) is 1.96. The Morgan fingerprint density at radius 3 is 2.95 bits per heavy atom. The number of likely N-dealkylation sites (tertiary alicyclic amines) is 1. The number of nitrogens with one attached hydrogen (secondary N) is 1. The fourth-order valence-corrected chi connectivity index (χ4v) is 3.45. The molecule has 1 atom stereocenters. The van der Waals surface area contributed by atoms with Gasteiger partial charge in [-0.2, -0.15) is 0 Å². The van der Waals surface area contributed by atoms with Crippen LogP contribution in [-0.4, -0.2) is 43.2 Å². The van der Waals surface area contributed by atoms with E-state index in [-0.39, 0.29) is 18.3 Å².